The van der Waals surface area contributed by atoms with E-state index in [0.29, 0.717) is 24.4 Å². The van der Waals surface area contributed by atoms with Crippen molar-refractivity contribution in [3.63, 3.8) is 0 Å². The van der Waals surface area contributed by atoms with Crippen molar-refractivity contribution in [3.05, 3.63) is 51.0 Å². The summed E-state index contributed by atoms with van der Waals surface area (Å²) in [5.74, 6) is -0.381. The van der Waals surface area contributed by atoms with Gasteiger partial charge in [-0.3, -0.25) is 4.79 Å². The van der Waals surface area contributed by atoms with E-state index in [1.807, 2.05) is 26.0 Å². The van der Waals surface area contributed by atoms with Crippen LogP contribution in [0.25, 0.3) is 0 Å². The molecule has 1 N–H and O–H groups in total. The number of methoxy groups -OCH3 is 1. The fraction of sp³-hybridized carbons (Fsp3) is 0.409. The highest BCUT2D eigenvalue weighted by atomic mass is 79.9. The van der Waals surface area contributed by atoms with Gasteiger partial charge in [0, 0.05) is 28.3 Å². The van der Waals surface area contributed by atoms with Crippen LogP contribution in [0.4, 0.5) is 5.69 Å². The van der Waals surface area contributed by atoms with E-state index in [1.54, 1.807) is 6.07 Å². The summed E-state index contributed by atoms with van der Waals surface area (Å²) in [6, 6.07) is 8.45. The molecule has 0 saturated carbocycles. The number of amides is 1. The third kappa shape index (κ3) is 5.25. The van der Waals surface area contributed by atoms with Gasteiger partial charge in [0.1, 0.15) is 10.6 Å². The monoisotopic (exact) mass is 528 g/mol. The van der Waals surface area contributed by atoms with Gasteiger partial charge in [-0.15, -0.1) is 0 Å². The minimum absolute atomic E-state index is 0.0144. The number of hydrogen-bond donors (Lipinski definition) is 1. The van der Waals surface area contributed by atoms with Crippen molar-refractivity contribution in [3.8, 4) is 5.75 Å². The van der Waals surface area contributed by atoms with Crippen molar-refractivity contribution in [2.75, 3.05) is 25.5 Å². The number of sulfonamides is 1. The first-order valence-corrected chi connectivity index (χ1v) is 12.7. The number of rotatable bonds is 6. The number of nitrogens with one attached hydrogen (secondary N) is 1. The fourth-order valence-electron chi connectivity index (χ4n) is 3.86. The van der Waals surface area contributed by atoms with Crippen molar-refractivity contribution in [1.82, 2.24) is 4.31 Å². The van der Waals surface area contributed by atoms with Crippen molar-refractivity contribution in [1.29, 1.82) is 0 Å². The van der Waals surface area contributed by atoms with Gasteiger partial charge in [-0.05, 0) is 67.6 Å². The summed E-state index contributed by atoms with van der Waals surface area (Å²) in [6.07, 6.45) is 2.00. The van der Waals surface area contributed by atoms with E-state index in [4.69, 9.17) is 16.3 Å². The molecule has 1 fully saturated rings. The third-order valence-corrected chi connectivity index (χ3v) is 8.09. The van der Waals surface area contributed by atoms with Gasteiger partial charge in [0.15, 0.2) is 0 Å². The molecule has 1 aliphatic rings. The van der Waals surface area contributed by atoms with E-state index >= 15 is 0 Å². The van der Waals surface area contributed by atoms with Gasteiger partial charge in [-0.25, -0.2) is 8.42 Å². The molecule has 2 aromatic carbocycles. The molecule has 2 aromatic rings. The Morgan fingerprint density at radius 3 is 2.74 bits per heavy atom. The number of aryl methyl sites for hydroxylation is 2. The number of piperidine rings is 1. The molecule has 1 atom stereocenters. The first-order valence-electron chi connectivity index (χ1n) is 10.1. The number of carbonyl (C=O) groups excluding carboxylic acids is 1. The second-order valence-corrected chi connectivity index (χ2v) is 10.9. The highest BCUT2D eigenvalue weighted by Crippen LogP contribution is 2.33. The summed E-state index contributed by atoms with van der Waals surface area (Å²) in [5.41, 5.74) is 2.79. The van der Waals surface area contributed by atoms with Crippen LogP contribution in [0.2, 0.25) is 5.02 Å². The minimum atomic E-state index is -3.86. The molecule has 0 bridgehead atoms. The molecule has 6 nitrogen and oxygen atoms in total. The Bertz CT molecular complexity index is 1090. The molecule has 1 aliphatic heterocycles. The zero-order valence-electron chi connectivity index (χ0n) is 17.7. The number of nitrogens with zero attached hydrogens (tertiary/aromatic N) is 1. The van der Waals surface area contributed by atoms with E-state index in [-0.39, 0.29) is 23.1 Å². The molecule has 0 aliphatic carbocycles. The normalized spacial score (nSPS) is 17.4. The summed E-state index contributed by atoms with van der Waals surface area (Å²) in [6.45, 7) is 4.44. The van der Waals surface area contributed by atoms with Gasteiger partial charge in [-0.1, -0.05) is 34.5 Å². The topological polar surface area (TPSA) is 75.7 Å². The van der Waals surface area contributed by atoms with Crippen molar-refractivity contribution >= 4 is 49.1 Å². The molecule has 3 rings (SSSR count). The molecule has 1 amide bonds. The van der Waals surface area contributed by atoms with Crippen LogP contribution in [0.5, 0.6) is 5.75 Å². The predicted molar refractivity (Wildman–Crippen MR) is 126 cm³/mol. The van der Waals surface area contributed by atoms with Crippen molar-refractivity contribution in [2.24, 2.45) is 5.92 Å². The summed E-state index contributed by atoms with van der Waals surface area (Å²) < 4.78 is 34.1. The highest BCUT2D eigenvalue weighted by molar-refractivity contribution is 9.10. The number of anilines is 1. The van der Waals surface area contributed by atoms with E-state index in [0.717, 1.165) is 27.7 Å². The van der Waals surface area contributed by atoms with Crippen LogP contribution >= 0.6 is 27.5 Å². The molecule has 9 heteroatoms. The standard InChI is InChI=1S/C22H26BrClN2O4S/c1-4-15-11-17(23)10-14(2)21(15)25-22(27)16-6-5-9-26(13-16)31(28,29)20-12-18(24)7-8-19(20)30-3/h7-8,10-12,16H,4-6,9,13H2,1-3H3,(H,25,27)/t16-/m0/s1. The third-order valence-electron chi connectivity index (χ3n) is 5.51. The number of carbonyl (C=O) groups is 1. The average Bonchev–Trinajstić information content (AvgIpc) is 2.75. The molecule has 0 spiro atoms. The Kier molecular flexibility index (Phi) is 7.68. The Morgan fingerprint density at radius 2 is 2.06 bits per heavy atom. The predicted octanol–water partition coefficient (Wildman–Crippen LogP) is 5.02. The molecule has 168 valence electrons. The van der Waals surface area contributed by atoms with E-state index in [9.17, 15) is 13.2 Å². The van der Waals surface area contributed by atoms with Gasteiger partial charge in [0.05, 0.1) is 13.0 Å². The van der Waals surface area contributed by atoms with Gasteiger partial charge in [-0.2, -0.15) is 4.31 Å². The molecular formula is C22H26BrClN2O4S. The lowest BCUT2D eigenvalue weighted by atomic mass is 9.98. The number of hydrogen-bond acceptors (Lipinski definition) is 4. The number of ether oxygens (including phenoxy) is 1. The molecule has 0 radical (unpaired) electrons. The van der Waals surface area contributed by atoms with Crippen LogP contribution in [0, 0.1) is 12.8 Å². The summed E-state index contributed by atoms with van der Waals surface area (Å²) in [7, 11) is -2.44. The lowest BCUT2D eigenvalue weighted by molar-refractivity contribution is -0.120. The van der Waals surface area contributed by atoms with Gasteiger partial charge < -0.3 is 10.1 Å². The minimum Gasteiger partial charge on any atom is -0.495 e. The molecule has 1 heterocycles. The van der Waals surface area contributed by atoms with Crippen LogP contribution < -0.4 is 10.1 Å². The first kappa shape index (κ1) is 24.0. The summed E-state index contributed by atoms with van der Waals surface area (Å²) in [4.78, 5) is 13.1. The van der Waals surface area contributed by atoms with Crippen LogP contribution in [0.1, 0.15) is 30.9 Å². The number of halogens is 2. The van der Waals surface area contributed by atoms with Crippen LogP contribution in [-0.4, -0.2) is 38.8 Å². The Hall–Kier alpha value is -1.61. The highest BCUT2D eigenvalue weighted by Gasteiger charge is 2.35. The maximum atomic E-state index is 13.3. The van der Waals surface area contributed by atoms with E-state index in [1.165, 1.54) is 23.5 Å². The largest absolute Gasteiger partial charge is 0.495 e. The van der Waals surface area contributed by atoms with Crippen LogP contribution in [0.15, 0.2) is 39.7 Å². The van der Waals surface area contributed by atoms with E-state index in [2.05, 4.69) is 21.2 Å². The Morgan fingerprint density at radius 1 is 1.32 bits per heavy atom. The van der Waals surface area contributed by atoms with Crippen molar-refractivity contribution in [2.45, 2.75) is 38.0 Å². The zero-order valence-corrected chi connectivity index (χ0v) is 20.9. The lowest BCUT2D eigenvalue weighted by Gasteiger charge is -2.32. The van der Waals surface area contributed by atoms with Gasteiger partial charge in [0.2, 0.25) is 15.9 Å². The summed E-state index contributed by atoms with van der Waals surface area (Å²) >= 11 is 9.53. The smallest absolute Gasteiger partial charge is 0.246 e. The molecule has 1 saturated heterocycles. The van der Waals surface area contributed by atoms with Crippen LogP contribution in [0.3, 0.4) is 0 Å². The first-order chi connectivity index (χ1) is 14.7. The second kappa shape index (κ2) is 9.90. The van der Waals surface area contributed by atoms with E-state index < -0.39 is 15.9 Å². The van der Waals surface area contributed by atoms with Crippen molar-refractivity contribution < 1.29 is 17.9 Å². The molecule has 0 unspecified atom stereocenters. The summed E-state index contributed by atoms with van der Waals surface area (Å²) in [5, 5.41) is 3.35. The zero-order chi connectivity index (χ0) is 22.8. The van der Waals surface area contributed by atoms with Gasteiger partial charge >= 0.3 is 0 Å². The number of benzene rings is 2. The average molecular weight is 530 g/mol. The maximum absolute atomic E-state index is 13.3. The van der Waals surface area contributed by atoms with Crippen LogP contribution in [-0.2, 0) is 21.2 Å². The maximum Gasteiger partial charge on any atom is 0.246 e. The molecule has 31 heavy (non-hydrogen) atoms. The molecular weight excluding hydrogens is 504 g/mol. The Balaban J connectivity index is 1.83. The van der Waals surface area contributed by atoms with Gasteiger partial charge in [0.25, 0.3) is 0 Å². The fourth-order valence-corrected chi connectivity index (χ4v) is 6.42. The quantitative estimate of drug-likeness (QED) is 0.570. The lowest BCUT2D eigenvalue weighted by Crippen LogP contribution is -2.43. The Labute approximate surface area is 197 Å². The second-order valence-electron chi connectivity index (χ2n) is 7.60. The molecule has 0 aromatic heterocycles. The SMILES string of the molecule is CCc1cc(Br)cc(C)c1NC(=O)[C@H]1CCCN(S(=O)(=O)c2cc(Cl)ccc2OC)C1.